The van der Waals surface area contributed by atoms with Crippen molar-refractivity contribution in [2.75, 3.05) is 13.7 Å². The van der Waals surface area contributed by atoms with Gasteiger partial charge in [0.05, 0.1) is 13.7 Å². The topological polar surface area (TPSA) is 35.5 Å². The molecule has 0 saturated heterocycles. The molecule has 0 fully saturated rings. The van der Waals surface area contributed by atoms with Crippen molar-refractivity contribution in [3.8, 4) is 11.5 Å². The Morgan fingerprint density at radius 2 is 2.29 bits per heavy atom. The van der Waals surface area contributed by atoms with Crippen LogP contribution in [-0.4, -0.2) is 19.5 Å². The van der Waals surface area contributed by atoms with Crippen LogP contribution in [0.5, 0.6) is 11.5 Å². The summed E-state index contributed by atoms with van der Waals surface area (Å²) in [6.07, 6.45) is 0.271. The first-order chi connectivity index (χ1) is 6.74. The van der Waals surface area contributed by atoms with Gasteiger partial charge in [-0.1, -0.05) is 0 Å². The van der Waals surface area contributed by atoms with E-state index in [0.717, 1.165) is 0 Å². The molecule has 1 aliphatic rings. The molecule has 74 valence electrons. The van der Waals surface area contributed by atoms with Gasteiger partial charge in [-0.05, 0) is 12.1 Å². The number of rotatable bonds is 1. The van der Waals surface area contributed by atoms with Crippen LogP contribution in [0, 0.1) is 5.82 Å². The Morgan fingerprint density at radius 1 is 1.50 bits per heavy atom. The summed E-state index contributed by atoms with van der Waals surface area (Å²) >= 11 is 0. The molecule has 3 nitrogen and oxygen atoms in total. The number of methoxy groups -OCH3 is 1. The van der Waals surface area contributed by atoms with E-state index in [-0.39, 0.29) is 30.1 Å². The van der Waals surface area contributed by atoms with Crippen LogP contribution in [0.4, 0.5) is 4.39 Å². The predicted molar refractivity (Wildman–Crippen MR) is 47.4 cm³/mol. The zero-order valence-corrected chi connectivity index (χ0v) is 7.67. The Kier molecular flexibility index (Phi) is 2.11. The van der Waals surface area contributed by atoms with Gasteiger partial charge in [0.1, 0.15) is 11.3 Å². The number of hydrogen-bond acceptors (Lipinski definition) is 3. The summed E-state index contributed by atoms with van der Waals surface area (Å²) in [5, 5.41) is 0. The van der Waals surface area contributed by atoms with Crippen LogP contribution in [0.1, 0.15) is 16.8 Å². The Balaban J connectivity index is 2.64. The number of Topliss-reactive ketones (excluding diaryl/α,β-unsaturated/α-hetero) is 1. The summed E-state index contributed by atoms with van der Waals surface area (Å²) in [6.45, 7) is 0.232. The van der Waals surface area contributed by atoms with E-state index >= 15 is 0 Å². The van der Waals surface area contributed by atoms with Crippen molar-refractivity contribution < 1.29 is 18.7 Å². The Bertz CT molecular complexity index is 387. The van der Waals surface area contributed by atoms with Crippen molar-refractivity contribution in [2.24, 2.45) is 0 Å². The monoisotopic (exact) mass is 196 g/mol. The van der Waals surface area contributed by atoms with Crippen LogP contribution in [0.2, 0.25) is 0 Å². The maximum atomic E-state index is 13.2. The SMILES string of the molecule is COc1ccc(F)c2c1C(=O)CCO2. The zero-order valence-electron chi connectivity index (χ0n) is 7.67. The highest BCUT2D eigenvalue weighted by Gasteiger charge is 2.25. The number of ether oxygens (including phenoxy) is 2. The molecule has 4 heteroatoms. The summed E-state index contributed by atoms with van der Waals surface area (Å²) in [5.41, 5.74) is 0.221. The molecule has 0 amide bonds. The van der Waals surface area contributed by atoms with Crippen molar-refractivity contribution in [2.45, 2.75) is 6.42 Å². The van der Waals surface area contributed by atoms with Gasteiger partial charge in [-0.3, -0.25) is 4.79 Å². The third-order valence-electron chi connectivity index (χ3n) is 2.15. The normalized spacial score (nSPS) is 14.6. The van der Waals surface area contributed by atoms with E-state index in [4.69, 9.17) is 9.47 Å². The minimum absolute atomic E-state index is 0.0144. The van der Waals surface area contributed by atoms with Crippen molar-refractivity contribution in [1.29, 1.82) is 0 Å². The number of carbonyl (C=O) groups is 1. The molecule has 2 rings (SSSR count). The summed E-state index contributed by atoms with van der Waals surface area (Å²) in [7, 11) is 1.44. The molecular weight excluding hydrogens is 187 g/mol. The number of benzene rings is 1. The highest BCUT2D eigenvalue weighted by molar-refractivity contribution is 6.02. The fourth-order valence-electron chi connectivity index (χ4n) is 1.49. The quantitative estimate of drug-likeness (QED) is 0.687. The molecule has 14 heavy (non-hydrogen) atoms. The van der Waals surface area contributed by atoms with Crippen LogP contribution < -0.4 is 9.47 Å². The maximum Gasteiger partial charge on any atom is 0.173 e. The molecule has 1 heterocycles. The van der Waals surface area contributed by atoms with Gasteiger partial charge < -0.3 is 9.47 Å². The maximum absolute atomic E-state index is 13.2. The van der Waals surface area contributed by atoms with Crippen molar-refractivity contribution >= 4 is 5.78 Å². The molecular formula is C10H9FO3. The van der Waals surface area contributed by atoms with Gasteiger partial charge >= 0.3 is 0 Å². The lowest BCUT2D eigenvalue weighted by Crippen LogP contribution is -2.17. The first kappa shape index (κ1) is 8.99. The van der Waals surface area contributed by atoms with Gasteiger partial charge in [-0.25, -0.2) is 4.39 Å². The summed E-state index contributed by atoms with van der Waals surface area (Å²) < 4.78 is 23.3. The third-order valence-corrected chi connectivity index (χ3v) is 2.15. The Labute approximate surface area is 80.4 Å². The third kappa shape index (κ3) is 1.23. The largest absolute Gasteiger partial charge is 0.496 e. The number of halogens is 1. The Morgan fingerprint density at radius 3 is 3.00 bits per heavy atom. The molecule has 0 aromatic heterocycles. The van der Waals surface area contributed by atoms with Gasteiger partial charge in [-0.2, -0.15) is 0 Å². The number of hydrogen-bond donors (Lipinski definition) is 0. The van der Waals surface area contributed by atoms with Crippen LogP contribution >= 0.6 is 0 Å². The second-order valence-electron chi connectivity index (χ2n) is 2.98. The van der Waals surface area contributed by atoms with Crippen LogP contribution in [0.15, 0.2) is 12.1 Å². The lowest BCUT2D eigenvalue weighted by Gasteiger charge is -2.18. The van der Waals surface area contributed by atoms with Gasteiger partial charge in [-0.15, -0.1) is 0 Å². The molecule has 0 spiro atoms. The minimum Gasteiger partial charge on any atom is -0.496 e. The van der Waals surface area contributed by atoms with E-state index in [2.05, 4.69) is 0 Å². The first-order valence-electron chi connectivity index (χ1n) is 4.26. The standard InChI is InChI=1S/C10H9FO3/c1-13-8-3-2-6(11)10-9(8)7(12)4-5-14-10/h2-3H,4-5H2,1H3. The molecule has 0 bridgehead atoms. The number of fused-ring (bicyclic) bond motifs is 1. The fourth-order valence-corrected chi connectivity index (χ4v) is 1.49. The second-order valence-corrected chi connectivity index (χ2v) is 2.98. The average Bonchev–Trinajstić information content (AvgIpc) is 2.20. The molecule has 1 aromatic rings. The highest BCUT2D eigenvalue weighted by atomic mass is 19.1. The smallest absolute Gasteiger partial charge is 0.173 e. The van der Waals surface area contributed by atoms with Crippen LogP contribution in [-0.2, 0) is 0 Å². The van der Waals surface area contributed by atoms with E-state index in [1.54, 1.807) is 0 Å². The lowest BCUT2D eigenvalue weighted by atomic mass is 10.0. The van der Waals surface area contributed by atoms with Gasteiger partial charge in [0.2, 0.25) is 0 Å². The molecule has 0 saturated carbocycles. The van der Waals surface area contributed by atoms with Gasteiger partial charge in [0.25, 0.3) is 0 Å². The Hall–Kier alpha value is -1.58. The van der Waals surface area contributed by atoms with Gasteiger partial charge in [0.15, 0.2) is 17.3 Å². The fraction of sp³-hybridized carbons (Fsp3) is 0.300. The first-order valence-corrected chi connectivity index (χ1v) is 4.26. The van der Waals surface area contributed by atoms with E-state index in [1.807, 2.05) is 0 Å². The van der Waals surface area contributed by atoms with Crippen LogP contribution in [0.3, 0.4) is 0 Å². The average molecular weight is 196 g/mol. The van der Waals surface area contributed by atoms with E-state index in [9.17, 15) is 9.18 Å². The van der Waals surface area contributed by atoms with Gasteiger partial charge in [0, 0.05) is 6.42 Å². The minimum atomic E-state index is -0.520. The predicted octanol–water partition coefficient (Wildman–Crippen LogP) is 1.80. The lowest BCUT2D eigenvalue weighted by molar-refractivity contribution is 0.0925. The van der Waals surface area contributed by atoms with E-state index in [0.29, 0.717) is 5.75 Å². The van der Waals surface area contributed by atoms with E-state index < -0.39 is 5.82 Å². The second kappa shape index (κ2) is 3.29. The molecule has 0 aliphatic carbocycles. The zero-order chi connectivity index (χ0) is 10.1. The van der Waals surface area contributed by atoms with Crippen molar-refractivity contribution in [1.82, 2.24) is 0 Å². The molecule has 1 aromatic carbocycles. The number of ketones is 1. The summed E-state index contributed by atoms with van der Waals surface area (Å²) in [6, 6.07) is 2.66. The summed E-state index contributed by atoms with van der Waals surface area (Å²) in [5.74, 6) is -0.275. The molecule has 0 N–H and O–H groups in total. The molecule has 1 aliphatic heterocycles. The summed E-state index contributed by atoms with van der Waals surface area (Å²) in [4.78, 5) is 11.5. The molecule has 0 atom stereocenters. The molecule has 0 radical (unpaired) electrons. The molecule has 0 unspecified atom stereocenters. The van der Waals surface area contributed by atoms with Crippen molar-refractivity contribution in [3.05, 3.63) is 23.5 Å². The van der Waals surface area contributed by atoms with Crippen LogP contribution in [0.25, 0.3) is 0 Å². The highest BCUT2D eigenvalue weighted by Crippen LogP contribution is 2.34. The van der Waals surface area contributed by atoms with Crippen molar-refractivity contribution in [3.63, 3.8) is 0 Å². The van der Waals surface area contributed by atoms with E-state index in [1.165, 1.54) is 19.2 Å². The number of carbonyl (C=O) groups excluding carboxylic acids is 1.